The third-order valence-electron chi connectivity index (χ3n) is 4.26. The lowest BCUT2D eigenvalue weighted by atomic mass is 10.0. The molecule has 3 heterocycles. The number of amides is 4. The van der Waals surface area contributed by atoms with Gasteiger partial charge in [-0.15, -0.1) is 9.38 Å². The number of fused-ring (bicyclic) bond motifs is 2. The largest absolute Gasteiger partial charge is 0.418 e. The summed E-state index contributed by atoms with van der Waals surface area (Å²) >= 11 is 0. The molecule has 2 atom stereocenters. The van der Waals surface area contributed by atoms with Gasteiger partial charge in [-0.05, 0) is 23.3 Å². The van der Waals surface area contributed by atoms with Gasteiger partial charge >= 0.3 is 16.4 Å². The Hall–Kier alpha value is -3.36. The zero-order chi connectivity index (χ0) is 21.2. The number of hydroxylamine groups is 2. The molecule has 2 fully saturated rings. The van der Waals surface area contributed by atoms with Crippen LogP contribution in [0.4, 0.5) is 4.79 Å². The minimum atomic E-state index is -4.89. The van der Waals surface area contributed by atoms with Crippen LogP contribution in [0, 0.1) is 11.3 Å². The van der Waals surface area contributed by atoms with Crippen molar-refractivity contribution in [3.05, 3.63) is 5.82 Å². The summed E-state index contributed by atoms with van der Waals surface area (Å²) in [7, 11) is -4.89. The summed E-state index contributed by atoms with van der Waals surface area (Å²) in [5.74, 6) is -1.20. The third-order valence-corrected chi connectivity index (χ3v) is 4.61. The molecular weight excluding hydrogens is 414 g/mol. The van der Waals surface area contributed by atoms with Crippen LogP contribution in [0.15, 0.2) is 0 Å². The molecule has 29 heavy (non-hydrogen) atoms. The fourth-order valence-electron chi connectivity index (χ4n) is 3.04. The molecule has 2 aliphatic rings. The maximum Gasteiger partial charge on any atom is 0.418 e. The normalized spacial score (nSPS) is 21.0. The number of hydrogen-bond acceptors (Lipinski definition) is 10. The maximum atomic E-state index is 12.4. The van der Waals surface area contributed by atoms with Gasteiger partial charge in [0.25, 0.3) is 11.8 Å². The number of nitriles is 1. The Morgan fingerprint density at radius 2 is 2.10 bits per heavy atom. The highest BCUT2D eigenvalue weighted by atomic mass is 32.3. The molecule has 17 heteroatoms. The summed E-state index contributed by atoms with van der Waals surface area (Å²) < 4.78 is 35.9. The average molecular weight is 429 g/mol. The number of nitrogens with one attached hydrogen (secondary N) is 2. The highest BCUT2D eigenvalue weighted by molar-refractivity contribution is 7.80. The van der Waals surface area contributed by atoms with E-state index in [2.05, 4.69) is 30.7 Å². The van der Waals surface area contributed by atoms with Crippen molar-refractivity contribution in [1.82, 2.24) is 41.0 Å². The van der Waals surface area contributed by atoms with E-state index in [0.717, 1.165) is 9.58 Å². The van der Waals surface area contributed by atoms with Crippen LogP contribution >= 0.6 is 0 Å². The molecule has 2 aliphatic heterocycles. The van der Waals surface area contributed by atoms with Gasteiger partial charge in [0.15, 0.2) is 5.82 Å². The number of nitrogens with zero attached hydrogens (tertiary/aromatic N) is 7. The van der Waals surface area contributed by atoms with Crippen LogP contribution in [0.2, 0.25) is 0 Å². The summed E-state index contributed by atoms with van der Waals surface area (Å²) in [6.07, 6.45) is 0.323. The molecule has 0 unspecified atom stereocenters. The van der Waals surface area contributed by atoms with Crippen LogP contribution < -0.4 is 10.9 Å². The van der Waals surface area contributed by atoms with E-state index in [0.29, 0.717) is 5.06 Å². The second kappa shape index (κ2) is 7.94. The highest BCUT2D eigenvalue weighted by Crippen LogP contribution is 2.30. The van der Waals surface area contributed by atoms with Crippen LogP contribution in [-0.4, -0.2) is 79.6 Å². The van der Waals surface area contributed by atoms with Gasteiger partial charge in [0.1, 0.15) is 12.6 Å². The van der Waals surface area contributed by atoms with E-state index in [9.17, 15) is 22.8 Å². The van der Waals surface area contributed by atoms with Crippen molar-refractivity contribution in [1.29, 1.82) is 5.26 Å². The van der Waals surface area contributed by atoms with Crippen LogP contribution in [0.5, 0.6) is 0 Å². The predicted octanol–water partition coefficient (Wildman–Crippen LogP) is -3.11. The third kappa shape index (κ3) is 4.56. The van der Waals surface area contributed by atoms with Crippen LogP contribution in [-0.2, 0) is 37.2 Å². The molecule has 0 aromatic carbocycles. The molecule has 16 nitrogen and oxygen atoms in total. The standard InChI is InChI=1S/C12H15N9O7S/c13-4-3-9-14-17-18-20(9)6-10(22)15-16-11(23)8-2-1-7-5-19(8)12(24)21(7)28-29(25,26)27/h7-8H,1-3,5-6H2,(H,15,22)(H,16,23)(H,25,26,27)/t7-,8+/m1/s1. The molecule has 2 bridgehead atoms. The van der Waals surface area contributed by atoms with Gasteiger partial charge in [-0.3, -0.25) is 25.0 Å². The van der Waals surface area contributed by atoms with E-state index in [1.165, 1.54) is 0 Å². The quantitative estimate of drug-likeness (QED) is 0.304. The van der Waals surface area contributed by atoms with Crippen molar-refractivity contribution >= 4 is 28.2 Å². The minimum absolute atomic E-state index is 0.0164. The Balaban J connectivity index is 1.55. The van der Waals surface area contributed by atoms with Gasteiger partial charge in [0, 0.05) is 6.54 Å². The van der Waals surface area contributed by atoms with E-state index >= 15 is 0 Å². The Morgan fingerprint density at radius 3 is 2.79 bits per heavy atom. The second-order valence-corrected chi connectivity index (χ2v) is 7.14. The highest BCUT2D eigenvalue weighted by Gasteiger charge is 2.49. The van der Waals surface area contributed by atoms with Crippen molar-refractivity contribution in [2.45, 2.75) is 37.9 Å². The molecule has 3 N–H and O–H groups in total. The molecule has 1 aromatic heterocycles. The summed E-state index contributed by atoms with van der Waals surface area (Å²) in [6, 6.07) is -0.666. The van der Waals surface area contributed by atoms with Gasteiger partial charge in [-0.2, -0.15) is 18.7 Å². The Morgan fingerprint density at radius 1 is 1.34 bits per heavy atom. The number of carbonyl (C=O) groups excluding carboxylic acids is 3. The zero-order valence-electron chi connectivity index (χ0n) is 14.6. The zero-order valence-corrected chi connectivity index (χ0v) is 15.4. The Bertz CT molecular complexity index is 971. The average Bonchev–Trinajstić information content (AvgIpc) is 3.17. The number of hydrazine groups is 1. The lowest BCUT2D eigenvalue weighted by Gasteiger charge is -2.29. The first-order valence-corrected chi connectivity index (χ1v) is 9.53. The lowest BCUT2D eigenvalue weighted by Crippen LogP contribution is -2.54. The predicted molar refractivity (Wildman–Crippen MR) is 86.8 cm³/mol. The van der Waals surface area contributed by atoms with Crippen LogP contribution in [0.3, 0.4) is 0 Å². The van der Waals surface area contributed by atoms with Gasteiger partial charge in [-0.1, -0.05) is 0 Å². The molecule has 156 valence electrons. The topological polar surface area (TPSA) is 213 Å². The van der Waals surface area contributed by atoms with E-state index in [1.807, 2.05) is 6.07 Å². The SMILES string of the molecule is N#CCc1nnnn1CC(=O)NNC(=O)[C@@H]1CC[C@@H]2CN1C(=O)N2OS(=O)(=O)O. The summed E-state index contributed by atoms with van der Waals surface area (Å²) in [6.45, 7) is -0.335. The van der Waals surface area contributed by atoms with E-state index in [1.54, 1.807) is 0 Å². The molecule has 4 amide bonds. The number of piperidine rings is 1. The summed E-state index contributed by atoms with van der Waals surface area (Å²) in [5.41, 5.74) is 4.33. The van der Waals surface area contributed by atoms with Gasteiger partial charge in [0.05, 0.1) is 18.5 Å². The number of aromatic nitrogens is 4. The number of tetrazole rings is 1. The van der Waals surface area contributed by atoms with Gasteiger partial charge in [0.2, 0.25) is 0 Å². The number of urea groups is 1. The fraction of sp³-hybridized carbons (Fsp3) is 0.583. The van der Waals surface area contributed by atoms with Gasteiger partial charge in [-0.25, -0.2) is 9.48 Å². The number of rotatable bonds is 6. The summed E-state index contributed by atoms with van der Waals surface area (Å²) in [5, 5.41) is 19.7. The first kappa shape index (κ1) is 20.4. The second-order valence-electron chi connectivity index (χ2n) is 6.14. The fourth-order valence-corrected chi connectivity index (χ4v) is 3.43. The van der Waals surface area contributed by atoms with E-state index in [4.69, 9.17) is 9.81 Å². The van der Waals surface area contributed by atoms with Crippen molar-refractivity contribution in [2.24, 2.45) is 0 Å². The van der Waals surface area contributed by atoms with E-state index < -0.39 is 40.3 Å². The monoisotopic (exact) mass is 429 g/mol. The number of hydrogen-bond donors (Lipinski definition) is 3. The number of carbonyl (C=O) groups is 3. The Labute approximate surface area is 163 Å². The van der Waals surface area contributed by atoms with Crippen molar-refractivity contribution in [2.75, 3.05) is 6.54 Å². The smallest absolute Gasteiger partial charge is 0.309 e. The first-order valence-electron chi connectivity index (χ1n) is 8.17. The molecule has 2 saturated heterocycles. The molecule has 3 rings (SSSR count). The Kier molecular flexibility index (Phi) is 5.58. The van der Waals surface area contributed by atoms with Crippen LogP contribution in [0.1, 0.15) is 18.7 Å². The molecule has 0 spiro atoms. The maximum absolute atomic E-state index is 12.4. The summed E-state index contributed by atoms with van der Waals surface area (Å²) in [4.78, 5) is 37.7. The molecule has 0 radical (unpaired) electrons. The van der Waals surface area contributed by atoms with Crippen molar-refractivity contribution in [3.63, 3.8) is 0 Å². The van der Waals surface area contributed by atoms with E-state index in [-0.39, 0.29) is 38.2 Å². The lowest BCUT2D eigenvalue weighted by molar-refractivity contribution is -0.132. The van der Waals surface area contributed by atoms with Crippen molar-refractivity contribution in [3.8, 4) is 6.07 Å². The van der Waals surface area contributed by atoms with Crippen LogP contribution in [0.25, 0.3) is 0 Å². The first-order chi connectivity index (χ1) is 13.7. The molecular formula is C12H15N9O7S. The minimum Gasteiger partial charge on any atom is -0.309 e. The van der Waals surface area contributed by atoms with Crippen molar-refractivity contribution < 1.29 is 31.6 Å². The molecule has 1 aromatic rings. The molecule has 0 aliphatic carbocycles. The molecule has 0 saturated carbocycles. The van der Waals surface area contributed by atoms with Gasteiger partial charge < -0.3 is 4.90 Å².